The summed E-state index contributed by atoms with van der Waals surface area (Å²) in [6, 6.07) is 11.9. The molecular weight excluding hydrogens is 510 g/mol. The quantitative estimate of drug-likeness (QED) is 0.290. The van der Waals surface area contributed by atoms with E-state index < -0.39 is 33.5 Å². The van der Waals surface area contributed by atoms with Crippen molar-refractivity contribution in [2.24, 2.45) is 0 Å². The highest BCUT2D eigenvalue weighted by atomic mass is 32.2. The molecule has 2 fully saturated rings. The highest BCUT2D eigenvalue weighted by Crippen LogP contribution is 2.40. The molecule has 0 aliphatic carbocycles. The van der Waals surface area contributed by atoms with Gasteiger partial charge in [-0.15, -0.1) is 0 Å². The number of rotatable bonds is 9. The van der Waals surface area contributed by atoms with Gasteiger partial charge in [0.05, 0.1) is 36.8 Å². The number of likely N-dealkylation sites (tertiary alicyclic amines) is 1. The van der Waals surface area contributed by atoms with Crippen molar-refractivity contribution in [2.75, 3.05) is 60.6 Å². The van der Waals surface area contributed by atoms with Crippen molar-refractivity contribution in [3.8, 4) is 5.75 Å². The molecule has 0 bridgehead atoms. The largest absolute Gasteiger partial charge is 0.507 e. The third-order valence-electron chi connectivity index (χ3n) is 6.69. The fourth-order valence-electron chi connectivity index (χ4n) is 4.70. The molecule has 11 heteroatoms. The van der Waals surface area contributed by atoms with Crippen molar-refractivity contribution in [3.63, 3.8) is 0 Å². The van der Waals surface area contributed by atoms with Crippen LogP contribution in [0.4, 0.5) is 0 Å². The van der Waals surface area contributed by atoms with Crippen LogP contribution in [0.3, 0.4) is 0 Å². The van der Waals surface area contributed by atoms with E-state index in [1.807, 2.05) is 19.0 Å². The molecule has 204 valence electrons. The van der Waals surface area contributed by atoms with Gasteiger partial charge in [-0.1, -0.05) is 24.3 Å². The number of morpholine rings is 1. The molecule has 4 rings (SSSR count). The number of hydrogen-bond acceptors (Lipinski definition) is 8. The van der Waals surface area contributed by atoms with E-state index in [4.69, 9.17) is 9.47 Å². The maximum Gasteiger partial charge on any atom is 0.295 e. The van der Waals surface area contributed by atoms with Crippen LogP contribution < -0.4 is 4.74 Å². The zero-order valence-electron chi connectivity index (χ0n) is 21.8. The number of sulfonamides is 1. The maximum absolute atomic E-state index is 13.3. The molecule has 2 aliphatic rings. The topological polar surface area (TPSA) is 117 Å². The Bertz CT molecular complexity index is 1320. The number of aliphatic hydroxyl groups is 1. The fourth-order valence-corrected chi connectivity index (χ4v) is 6.15. The Morgan fingerprint density at radius 1 is 1.11 bits per heavy atom. The van der Waals surface area contributed by atoms with E-state index in [-0.39, 0.29) is 29.1 Å². The Balaban J connectivity index is 1.77. The molecule has 2 heterocycles. The fraction of sp³-hybridized carbons (Fsp3) is 0.407. The number of carbonyl (C=O) groups is 2. The number of methoxy groups -OCH3 is 1. The first kappa shape index (κ1) is 27.8. The summed E-state index contributed by atoms with van der Waals surface area (Å²) in [4.78, 5) is 29.9. The Morgan fingerprint density at radius 3 is 2.42 bits per heavy atom. The van der Waals surface area contributed by atoms with Gasteiger partial charge < -0.3 is 24.4 Å². The van der Waals surface area contributed by atoms with Crippen molar-refractivity contribution in [2.45, 2.75) is 17.4 Å². The Hall–Kier alpha value is -3.25. The predicted octanol–water partition coefficient (Wildman–Crippen LogP) is 2.09. The van der Waals surface area contributed by atoms with Crippen LogP contribution in [0, 0.1) is 0 Å². The van der Waals surface area contributed by atoms with Gasteiger partial charge in [0, 0.05) is 25.2 Å². The minimum absolute atomic E-state index is 0.00957. The minimum Gasteiger partial charge on any atom is -0.507 e. The van der Waals surface area contributed by atoms with Crippen LogP contribution in [-0.4, -0.2) is 99.9 Å². The van der Waals surface area contributed by atoms with Gasteiger partial charge in [0.25, 0.3) is 11.7 Å². The Kier molecular flexibility index (Phi) is 8.51. The van der Waals surface area contributed by atoms with Crippen molar-refractivity contribution in [1.29, 1.82) is 0 Å². The van der Waals surface area contributed by atoms with E-state index in [1.165, 1.54) is 33.5 Å². The van der Waals surface area contributed by atoms with E-state index >= 15 is 0 Å². The van der Waals surface area contributed by atoms with Crippen molar-refractivity contribution in [1.82, 2.24) is 14.1 Å². The summed E-state index contributed by atoms with van der Waals surface area (Å²) in [6.07, 6.45) is 0.625. The summed E-state index contributed by atoms with van der Waals surface area (Å²) in [7, 11) is 1.56. The number of ether oxygens (including phenoxy) is 2. The maximum atomic E-state index is 13.3. The molecule has 38 heavy (non-hydrogen) atoms. The number of nitrogens with zero attached hydrogens (tertiary/aromatic N) is 3. The van der Waals surface area contributed by atoms with Crippen LogP contribution in [0.5, 0.6) is 5.75 Å². The standard InChI is InChI=1S/C27H33N3O7S/c1-28(2)12-5-13-30-24(19-8-10-21(36-3)11-9-19)23(26(32)27(30)33)25(31)20-6-4-7-22(18-20)38(34,35)29-14-16-37-17-15-29/h4,6-11,18,24,31H,5,12-17H2,1-3H3/b25-23+. The van der Waals surface area contributed by atoms with Crippen LogP contribution in [0.2, 0.25) is 0 Å². The average Bonchev–Trinajstić information content (AvgIpc) is 3.18. The first-order valence-corrected chi connectivity index (χ1v) is 13.8. The molecule has 0 spiro atoms. The van der Waals surface area contributed by atoms with E-state index in [0.29, 0.717) is 44.0 Å². The van der Waals surface area contributed by atoms with Gasteiger partial charge in [0.15, 0.2) is 0 Å². The van der Waals surface area contributed by atoms with Gasteiger partial charge in [0.2, 0.25) is 10.0 Å². The number of benzene rings is 2. The lowest BCUT2D eigenvalue weighted by Gasteiger charge is -2.26. The molecule has 1 amide bonds. The normalized spacial score (nSPS) is 20.3. The van der Waals surface area contributed by atoms with Crippen LogP contribution in [-0.2, 0) is 24.3 Å². The molecule has 2 saturated heterocycles. The summed E-state index contributed by atoms with van der Waals surface area (Å²) < 4.78 is 38.2. The number of aliphatic hydroxyl groups excluding tert-OH is 1. The lowest BCUT2D eigenvalue weighted by atomic mass is 9.95. The summed E-state index contributed by atoms with van der Waals surface area (Å²) >= 11 is 0. The smallest absolute Gasteiger partial charge is 0.295 e. The van der Waals surface area contributed by atoms with E-state index in [9.17, 15) is 23.1 Å². The number of hydrogen-bond donors (Lipinski definition) is 1. The zero-order valence-corrected chi connectivity index (χ0v) is 22.6. The number of carbonyl (C=O) groups excluding carboxylic acids is 2. The monoisotopic (exact) mass is 543 g/mol. The molecule has 2 aromatic rings. The third-order valence-corrected chi connectivity index (χ3v) is 8.59. The van der Waals surface area contributed by atoms with Crippen molar-refractivity contribution < 1.29 is 32.6 Å². The van der Waals surface area contributed by atoms with Crippen molar-refractivity contribution in [3.05, 3.63) is 65.2 Å². The number of Topliss-reactive ketones (excluding diaryl/α,β-unsaturated/α-hetero) is 1. The van der Waals surface area contributed by atoms with Crippen LogP contribution >= 0.6 is 0 Å². The molecule has 0 radical (unpaired) electrons. The predicted molar refractivity (Wildman–Crippen MR) is 141 cm³/mol. The Labute approximate surface area is 223 Å². The molecule has 1 unspecified atom stereocenters. The van der Waals surface area contributed by atoms with Gasteiger partial charge in [-0.2, -0.15) is 4.31 Å². The summed E-state index contributed by atoms with van der Waals surface area (Å²) in [5, 5.41) is 11.4. The number of ketones is 1. The highest BCUT2D eigenvalue weighted by Gasteiger charge is 2.46. The Morgan fingerprint density at radius 2 is 1.79 bits per heavy atom. The molecule has 0 aromatic heterocycles. The highest BCUT2D eigenvalue weighted by molar-refractivity contribution is 7.89. The lowest BCUT2D eigenvalue weighted by Crippen LogP contribution is -2.40. The van der Waals surface area contributed by atoms with E-state index in [2.05, 4.69) is 0 Å². The molecule has 1 atom stereocenters. The van der Waals surface area contributed by atoms with Crippen LogP contribution in [0.15, 0.2) is 59.0 Å². The molecule has 1 N–H and O–H groups in total. The van der Waals surface area contributed by atoms with Gasteiger partial charge in [-0.25, -0.2) is 8.42 Å². The van der Waals surface area contributed by atoms with Crippen LogP contribution in [0.25, 0.3) is 5.76 Å². The average molecular weight is 544 g/mol. The van der Waals surface area contributed by atoms with Crippen molar-refractivity contribution >= 4 is 27.5 Å². The first-order valence-electron chi connectivity index (χ1n) is 12.4. The van der Waals surface area contributed by atoms with Gasteiger partial charge in [0.1, 0.15) is 11.5 Å². The summed E-state index contributed by atoms with van der Waals surface area (Å²) in [5.41, 5.74) is 0.698. The second kappa shape index (κ2) is 11.6. The zero-order chi connectivity index (χ0) is 27.4. The molecule has 2 aliphatic heterocycles. The van der Waals surface area contributed by atoms with Gasteiger partial charge in [-0.3, -0.25) is 9.59 Å². The van der Waals surface area contributed by atoms with Gasteiger partial charge >= 0.3 is 0 Å². The molecule has 2 aromatic carbocycles. The summed E-state index contributed by atoms with van der Waals surface area (Å²) in [6.45, 7) is 2.08. The molecular formula is C27H33N3O7S. The SMILES string of the molecule is COc1ccc(C2/C(=C(\O)c3cccc(S(=O)(=O)N4CCOCC4)c3)C(=O)C(=O)N2CCCN(C)C)cc1. The minimum atomic E-state index is -3.83. The second-order valence-electron chi connectivity index (χ2n) is 9.47. The van der Waals surface area contributed by atoms with Crippen LogP contribution in [0.1, 0.15) is 23.6 Å². The second-order valence-corrected chi connectivity index (χ2v) is 11.4. The van der Waals surface area contributed by atoms with Gasteiger partial charge in [-0.05, 0) is 56.9 Å². The third kappa shape index (κ3) is 5.60. The van der Waals surface area contributed by atoms with E-state index in [0.717, 1.165) is 0 Å². The van der Waals surface area contributed by atoms with E-state index in [1.54, 1.807) is 31.4 Å². The summed E-state index contributed by atoms with van der Waals surface area (Å²) in [5.74, 6) is -1.32. The molecule has 10 nitrogen and oxygen atoms in total. The number of amides is 1. The molecule has 0 saturated carbocycles. The lowest BCUT2D eigenvalue weighted by molar-refractivity contribution is -0.139. The first-order chi connectivity index (χ1) is 18.1.